The Morgan fingerprint density at radius 3 is 2.39 bits per heavy atom. The summed E-state index contributed by atoms with van der Waals surface area (Å²) in [7, 11) is 2.76. The van der Waals surface area contributed by atoms with E-state index < -0.39 is 17.1 Å². The normalized spacial score (nSPS) is 11.7. The lowest BCUT2D eigenvalue weighted by Crippen LogP contribution is -2.39. The first kappa shape index (κ1) is 23.2. The number of benzene rings is 2. The van der Waals surface area contributed by atoms with Crippen LogP contribution in [-0.2, 0) is 19.8 Å². The molecule has 0 atom stereocenters. The topological polar surface area (TPSA) is 76.6 Å². The van der Waals surface area contributed by atoms with Crippen molar-refractivity contribution in [2.45, 2.75) is 19.6 Å². The molecule has 0 fully saturated rings. The Morgan fingerprint density at radius 1 is 1.03 bits per heavy atom. The van der Waals surface area contributed by atoms with E-state index in [1.165, 1.54) is 25.9 Å². The first-order chi connectivity index (χ1) is 14.6. The summed E-state index contributed by atoms with van der Waals surface area (Å²) in [6.45, 7) is 3.97. The van der Waals surface area contributed by atoms with Gasteiger partial charge in [0, 0.05) is 29.9 Å². The molecule has 0 aliphatic carbocycles. The van der Waals surface area contributed by atoms with Gasteiger partial charge in [0.15, 0.2) is 0 Å². The molecule has 9 heteroatoms. The zero-order valence-electron chi connectivity index (χ0n) is 17.4. The second-order valence-electron chi connectivity index (χ2n) is 7.11. The van der Waals surface area contributed by atoms with E-state index >= 15 is 0 Å². The van der Waals surface area contributed by atoms with E-state index in [-0.39, 0.29) is 10.6 Å². The largest absolute Gasteiger partial charge is 0.494 e. The SMILES string of the molecule is Cc1ccc(N=C(SCc2ccc(Cl)cc2Cl)c2c(O)n(C)c(=O)n(C)c2=O)cc1C. The molecule has 31 heavy (non-hydrogen) atoms. The minimum atomic E-state index is -0.627. The molecule has 0 spiro atoms. The van der Waals surface area contributed by atoms with Gasteiger partial charge in [-0.15, -0.1) is 11.8 Å². The smallest absolute Gasteiger partial charge is 0.333 e. The van der Waals surface area contributed by atoms with Crippen LogP contribution in [0.15, 0.2) is 51.0 Å². The number of nitrogens with zero attached hydrogens (tertiary/aromatic N) is 3. The molecule has 0 aliphatic heterocycles. The zero-order valence-corrected chi connectivity index (χ0v) is 19.8. The fourth-order valence-corrected chi connectivity index (χ4v) is 4.47. The van der Waals surface area contributed by atoms with Gasteiger partial charge in [0.25, 0.3) is 5.56 Å². The van der Waals surface area contributed by atoms with Gasteiger partial charge in [-0.05, 0) is 54.8 Å². The van der Waals surface area contributed by atoms with Crippen molar-refractivity contribution in [3.05, 3.63) is 89.5 Å². The lowest BCUT2D eigenvalue weighted by molar-refractivity contribution is 0.410. The molecular weight excluding hydrogens is 457 g/mol. The summed E-state index contributed by atoms with van der Waals surface area (Å²) in [5, 5.41) is 11.9. The second-order valence-corrected chi connectivity index (χ2v) is 8.92. The number of aryl methyl sites for hydroxylation is 2. The Labute approximate surface area is 193 Å². The van der Waals surface area contributed by atoms with Gasteiger partial charge < -0.3 is 5.11 Å². The molecule has 3 rings (SSSR count). The number of aromatic hydroxyl groups is 1. The maximum atomic E-state index is 12.9. The highest BCUT2D eigenvalue weighted by atomic mass is 35.5. The lowest BCUT2D eigenvalue weighted by Gasteiger charge is -2.13. The molecule has 1 aromatic heterocycles. The number of aliphatic imine (C=N–C) groups is 1. The Bertz CT molecular complexity index is 1310. The van der Waals surface area contributed by atoms with Crippen LogP contribution in [0.4, 0.5) is 5.69 Å². The molecule has 1 heterocycles. The average Bonchev–Trinajstić information content (AvgIpc) is 2.72. The van der Waals surface area contributed by atoms with Crippen molar-refractivity contribution >= 4 is 45.7 Å². The Hall–Kier alpha value is -2.48. The maximum Gasteiger partial charge on any atom is 0.333 e. The predicted octanol–water partition coefficient (Wildman–Crippen LogP) is 4.72. The van der Waals surface area contributed by atoms with Crippen LogP contribution in [0.2, 0.25) is 10.0 Å². The molecule has 0 saturated heterocycles. The minimum absolute atomic E-state index is 0.0436. The first-order valence-electron chi connectivity index (χ1n) is 9.32. The molecule has 3 aromatic rings. The number of halogens is 2. The highest BCUT2D eigenvalue weighted by Gasteiger charge is 2.21. The van der Waals surface area contributed by atoms with Crippen molar-refractivity contribution in [2.24, 2.45) is 19.1 Å². The summed E-state index contributed by atoms with van der Waals surface area (Å²) < 4.78 is 1.96. The summed E-state index contributed by atoms with van der Waals surface area (Å²) in [5.74, 6) is -0.0594. The van der Waals surface area contributed by atoms with Crippen molar-refractivity contribution in [1.29, 1.82) is 0 Å². The van der Waals surface area contributed by atoms with E-state index in [0.717, 1.165) is 25.8 Å². The van der Waals surface area contributed by atoms with Crippen LogP contribution < -0.4 is 11.2 Å². The van der Waals surface area contributed by atoms with Gasteiger partial charge in [-0.2, -0.15) is 0 Å². The van der Waals surface area contributed by atoms with Crippen LogP contribution in [-0.4, -0.2) is 19.3 Å². The standard InChI is InChI=1S/C22H21Cl2N3O3S/c1-12-5-8-16(9-13(12)2)25-19(31-11-14-6-7-15(23)10-17(14)24)18-20(28)26(3)22(30)27(4)21(18)29/h5-10,28H,11H2,1-4H3. The van der Waals surface area contributed by atoms with E-state index in [1.54, 1.807) is 18.2 Å². The number of hydrogen-bond acceptors (Lipinski definition) is 5. The first-order valence-corrected chi connectivity index (χ1v) is 11.1. The summed E-state index contributed by atoms with van der Waals surface area (Å²) >= 11 is 13.5. The molecule has 0 aliphatic rings. The Morgan fingerprint density at radius 2 is 1.74 bits per heavy atom. The summed E-state index contributed by atoms with van der Waals surface area (Å²) in [6, 6.07) is 10.8. The minimum Gasteiger partial charge on any atom is -0.494 e. The van der Waals surface area contributed by atoms with Gasteiger partial charge in [-0.25, -0.2) is 9.79 Å². The molecule has 0 bridgehead atoms. The van der Waals surface area contributed by atoms with Crippen molar-refractivity contribution in [1.82, 2.24) is 9.13 Å². The third kappa shape index (κ3) is 4.89. The maximum absolute atomic E-state index is 12.9. The van der Waals surface area contributed by atoms with Gasteiger partial charge in [0.05, 0.1) is 5.69 Å². The van der Waals surface area contributed by atoms with E-state index in [2.05, 4.69) is 4.99 Å². The van der Waals surface area contributed by atoms with Gasteiger partial charge >= 0.3 is 5.69 Å². The number of hydrogen-bond donors (Lipinski definition) is 1. The van der Waals surface area contributed by atoms with Gasteiger partial charge in [0.1, 0.15) is 10.6 Å². The fraction of sp³-hybridized carbons (Fsp3) is 0.227. The zero-order chi connectivity index (χ0) is 22.9. The van der Waals surface area contributed by atoms with Gasteiger partial charge in [-0.1, -0.05) is 35.3 Å². The third-order valence-corrected chi connectivity index (χ3v) is 6.56. The number of rotatable bonds is 4. The molecule has 0 amide bonds. The molecule has 0 saturated carbocycles. The van der Waals surface area contributed by atoms with Crippen LogP contribution >= 0.6 is 35.0 Å². The summed E-state index contributed by atoms with van der Waals surface area (Å²) in [5.41, 5.74) is 2.29. The van der Waals surface area contributed by atoms with Crippen molar-refractivity contribution in [2.75, 3.05) is 0 Å². The average molecular weight is 478 g/mol. The van der Waals surface area contributed by atoms with E-state index in [9.17, 15) is 14.7 Å². The quantitative estimate of drug-likeness (QED) is 0.435. The van der Waals surface area contributed by atoms with Gasteiger partial charge in [-0.3, -0.25) is 13.9 Å². The van der Waals surface area contributed by atoms with Crippen LogP contribution in [0.5, 0.6) is 5.88 Å². The molecule has 6 nitrogen and oxygen atoms in total. The summed E-state index contributed by atoms with van der Waals surface area (Å²) in [4.78, 5) is 29.7. The third-order valence-electron chi connectivity index (χ3n) is 4.95. The molecule has 0 unspecified atom stereocenters. The number of aromatic nitrogens is 2. The number of thioether (sulfide) groups is 1. The van der Waals surface area contributed by atoms with Crippen molar-refractivity contribution in [3.63, 3.8) is 0 Å². The van der Waals surface area contributed by atoms with E-state index in [1.807, 2.05) is 32.0 Å². The lowest BCUT2D eigenvalue weighted by atomic mass is 10.1. The van der Waals surface area contributed by atoms with Crippen LogP contribution in [0, 0.1) is 13.8 Å². The highest BCUT2D eigenvalue weighted by Crippen LogP contribution is 2.29. The van der Waals surface area contributed by atoms with Crippen LogP contribution in [0.3, 0.4) is 0 Å². The highest BCUT2D eigenvalue weighted by molar-refractivity contribution is 8.13. The predicted molar refractivity (Wildman–Crippen MR) is 128 cm³/mol. The molecule has 162 valence electrons. The Kier molecular flexibility index (Phi) is 6.99. The monoisotopic (exact) mass is 477 g/mol. The summed E-state index contributed by atoms with van der Waals surface area (Å²) in [6.07, 6.45) is 0. The second kappa shape index (κ2) is 9.34. The fourth-order valence-electron chi connectivity index (χ4n) is 2.88. The van der Waals surface area contributed by atoms with Crippen molar-refractivity contribution in [3.8, 4) is 5.88 Å². The Balaban J connectivity index is 2.15. The van der Waals surface area contributed by atoms with E-state index in [0.29, 0.717) is 21.5 Å². The van der Waals surface area contributed by atoms with Gasteiger partial charge in [0.2, 0.25) is 5.88 Å². The molecule has 0 radical (unpaired) electrons. The molecule has 2 aromatic carbocycles. The van der Waals surface area contributed by atoms with Crippen LogP contribution in [0.25, 0.3) is 0 Å². The van der Waals surface area contributed by atoms with E-state index in [4.69, 9.17) is 23.2 Å². The molecule has 1 N–H and O–H groups in total. The van der Waals surface area contributed by atoms with Crippen molar-refractivity contribution < 1.29 is 5.11 Å². The molecular formula is C22H21Cl2N3O3S. The van der Waals surface area contributed by atoms with Crippen LogP contribution in [0.1, 0.15) is 22.3 Å².